The maximum Gasteiger partial charge on any atom is 0.274 e. The van der Waals surface area contributed by atoms with Crippen molar-refractivity contribution in [2.45, 2.75) is 25.3 Å². The third-order valence-corrected chi connectivity index (χ3v) is 5.40. The van der Waals surface area contributed by atoms with Gasteiger partial charge in [0, 0.05) is 23.8 Å². The Hall–Kier alpha value is -3.85. The number of nitrogen functional groups attached to an aromatic ring is 1. The zero-order valence-corrected chi connectivity index (χ0v) is 18.0. The second-order valence-corrected chi connectivity index (χ2v) is 7.90. The molecule has 1 saturated heterocycles. The standard InChI is InChI=1S/C24H25FN6O2/c25-19-9-2-1-5-15(19)12-21(32)29-17-7-3-6-16(11-17)20-14-28-23(26)22(31-20)24(33)30-18-8-4-10-27-13-18/h1-3,5-7,9,11,14,18,27H,4,8,10,12-13H2,(H2,26,28)(H,29,32)(H,30,33). The Balaban J connectivity index is 1.48. The number of rotatable bonds is 6. The smallest absolute Gasteiger partial charge is 0.274 e. The van der Waals surface area contributed by atoms with Crippen molar-refractivity contribution in [3.05, 3.63) is 71.8 Å². The maximum atomic E-state index is 13.8. The van der Waals surface area contributed by atoms with Crippen LogP contribution in [0.2, 0.25) is 0 Å². The van der Waals surface area contributed by atoms with E-state index in [0.29, 0.717) is 29.1 Å². The van der Waals surface area contributed by atoms with Crippen LogP contribution < -0.4 is 21.7 Å². The molecule has 2 amide bonds. The predicted octanol–water partition coefficient (Wildman–Crippen LogP) is 2.53. The zero-order chi connectivity index (χ0) is 23.2. The van der Waals surface area contributed by atoms with E-state index in [4.69, 9.17) is 5.73 Å². The van der Waals surface area contributed by atoms with E-state index in [-0.39, 0.29) is 35.8 Å². The Labute approximate surface area is 190 Å². The summed E-state index contributed by atoms with van der Waals surface area (Å²) in [5.74, 6) is -1.09. The second-order valence-electron chi connectivity index (χ2n) is 7.90. The predicted molar refractivity (Wildman–Crippen MR) is 124 cm³/mol. The molecule has 1 aliphatic heterocycles. The summed E-state index contributed by atoms with van der Waals surface area (Å²) in [5.41, 5.74) is 7.92. The van der Waals surface area contributed by atoms with Gasteiger partial charge >= 0.3 is 0 Å². The van der Waals surface area contributed by atoms with Gasteiger partial charge in [-0.05, 0) is 43.1 Å². The fourth-order valence-electron chi connectivity index (χ4n) is 3.71. The number of nitrogens with one attached hydrogen (secondary N) is 3. The van der Waals surface area contributed by atoms with Crippen LogP contribution in [0.5, 0.6) is 0 Å². The van der Waals surface area contributed by atoms with Crippen LogP contribution in [0.3, 0.4) is 0 Å². The summed E-state index contributed by atoms with van der Waals surface area (Å²) in [6.45, 7) is 1.64. The van der Waals surface area contributed by atoms with Crippen LogP contribution in [0.15, 0.2) is 54.7 Å². The van der Waals surface area contributed by atoms with Crippen LogP contribution in [0.1, 0.15) is 28.9 Å². The van der Waals surface area contributed by atoms with Crippen molar-refractivity contribution in [2.75, 3.05) is 24.1 Å². The zero-order valence-electron chi connectivity index (χ0n) is 18.0. The number of carbonyl (C=O) groups is 2. The van der Waals surface area contributed by atoms with Gasteiger partial charge in [0.15, 0.2) is 11.5 Å². The van der Waals surface area contributed by atoms with E-state index in [2.05, 4.69) is 25.9 Å². The lowest BCUT2D eigenvalue weighted by molar-refractivity contribution is -0.115. The summed E-state index contributed by atoms with van der Waals surface area (Å²) in [7, 11) is 0. The lowest BCUT2D eigenvalue weighted by Crippen LogP contribution is -2.46. The molecule has 33 heavy (non-hydrogen) atoms. The maximum absolute atomic E-state index is 13.8. The number of anilines is 2. The average molecular weight is 449 g/mol. The van der Waals surface area contributed by atoms with Crippen molar-refractivity contribution in [1.29, 1.82) is 0 Å². The number of carbonyl (C=O) groups excluding carboxylic acids is 2. The number of hydrogen-bond donors (Lipinski definition) is 4. The average Bonchev–Trinajstić information content (AvgIpc) is 2.81. The number of amides is 2. The monoisotopic (exact) mass is 448 g/mol. The molecule has 0 aliphatic carbocycles. The Morgan fingerprint density at radius 3 is 2.82 bits per heavy atom. The van der Waals surface area contributed by atoms with Gasteiger partial charge in [-0.3, -0.25) is 9.59 Å². The van der Waals surface area contributed by atoms with Crippen molar-refractivity contribution in [3.8, 4) is 11.3 Å². The molecule has 1 aliphatic rings. The van der Waals surface area contributed by atoms with Crippen LogP contribution in [-0.2, 0) is 11.2 Å². The molecule has 1 unspecified atom stereocenters. The number of hydrogen-bond acceptors (Lipinski definition) is 6. The first kappa shape index (κ1) is 22.3. The molecule has 0 saturated carbocycles. The summed E-state index contributed by atoms with van der Waals surface area (Å²) in [6, 6.07) is 13.2. The van der Waals surface area contributed by atoms with Crippen molar-refractivity contribution in [3.63, 3.8) is 0 Å². The van der Waals surface area contributed by atoms with E-state index in [1.54, 1.807) is 42.5 Å². The highest BCUT2D eigenvalue weighted by atomic mass is 19.1. The molecule has 0 radical (unpaired) electrons. The summed E-state index contributed by atoms with van der Waals surface area (Å²) in [5, 5.41) is 8.96. The molecule has 2 aromatic carbocycles. The van der Waals surface area contributed by atoms with Crippen LogP contribution in [0.4, 0.5) is 15.9 Å². The highest BCUT2D eigenvalue weighted by molar-refractivity contribution is 5.97. The number of benzene rings is 2. The molecular formula is C24H25FN6O2. The Bertz CT molecular complexity index is 1160. The summed E-state index contributed by atoms with van der Waals surface area (Å²) in [4.78, 5) is 33.7. The first-order valence-electron chi connectivity index (χ1n) is 10.8. The minimum absolute atomic E-state index is 0.0177. The molecule has 5 N–H and O–H groups in total. The molecule has 1 fully saturated rings. The molecular weight excluding hydrogens is 423 g/mol. The molecule has 0 spiro atoms. The van der Waals surface area contributed by atoms with Gasteiger partial charge in [-0.15, -0.1) is 0 Å². The normalized spacial score (nSPS) is 15.6. The van der Waals surface area contributed by atoms with Crippen molar-refractivity contribution < 1.29 is 14.0 Å². The molecule has 8 nitrogen and oxygen atoms in total. The van der Waals surface area contributed by atoms with Crippen LogP contribution in [0.25, 0.3) is 11.3 Å². The van der Waals surface area contributed by atoms with Gasteiger partial charge in [-0.25, -0.2) is 14.4 Å². The quantitative estimate of drug-likeness (QED) is 0.460. The van der Waals surface area contributed by atoms with Gasteiger partial charge in [0.05, 0.1) is 18.3 Å². The van der Waals surface area contributed by atoms with Crippen molar-refractivity contribution >= 4 is 23.3 Å². The van der Waals surface area contributed by atoms with Crippen LogP contribution >= 0.6 is 0 Å². The van der Waals surface area contributed by atoms with E-state index in [9.17, 15) is 14.0 Å². The van der Waals surface area contributed by atoms with Gasteiger partial charge in [0.2, 0.25) is 5.91 Å². The molecule has 1 atom stereocenters. The Morgan fingerprint density at radius 2 is 2.03 bits per heavy atom. The first-order valence-corrected chi connectivity index (χ1v) is 10.8. The van der Waals surface area contributed by atoms with Crippen LogP contribution in [-0.4, -0.2) is 40.9 Å². The molecule has 1 aromatic heterocycles. The van der Waals surface area contributed by atoms with Gasteiger partial charge in [-0.1, -0.05) is 30.3 Å². The molecule has 3 aromatic rings. The Kier molecular flexibility index (Phi) is 6.89. The number of halogens is 1. The summed E-state index contributed by atoms with van der Waals surface area (Å²) >= 11 is 0. The molecule has 9 heteroatoms. The van der Waals surface area contributed by atoms with E-state index >= 15 is 0 Å². The number of nitrogens with zero attached hydrogens (tertiary/aromatic N) is 2. The first-order chi connectivity index (χ1) is 16.0. The van der Waals surface area contributed by atoms with E-state index in [0.717, 1.165) is 19.4 Å². The summed E-state index contributed by atoms with van der Waals surface area (Å²) < 4.78 is 13.8. The van der Waals surface area contributed by atoms with Gasteiger partial charge < -0.3 is 21.7 Å². The van der Waals surface area contributed by atoms with Gasteiger partial charge in [0.25, 0.3) is 5.91 Å². The van der Waals surface area contributed by atoms with E-state index < -0.39 is 5.82 Å². The Morgan fingerprint density at radius 1 is 1.18 bits per heavy atom. The minimum atomic E-state index is -0.423. The van der Waals surface area contributed by atoms with Gasteiger partial charge in [0.1, 0.15) is 5.82 Å². The fourth-order valence-corrected chi connectivity index (χ4v) is 3.71. The van der Waals surface area contributed by atoms with Gasteiger partial charge in [-0.2, -0.15) is 0 Å². The van der Waals surface area contributed by atoms with Crippen molar-refractivity contribution in [1.82, 2.24) is 20.6 Å². The molecule has 0 bridgehead atoms. The van der Waals surface area contributed by atoms with Crippen LogP contribution in [0, 0.1) is 5.82 Å². The third kappa shape index (κ3) is 5.69. The highest BCUT2D eigenvalue weighted by Crippen LogP contribution is 2.22. The molecule has 170 valence electrons. The number of piperidine rings is 1. The largest absolute Gasteiger partial charge is 0.382 e. The third-order valence-electron chi connectivity index (χ3n) is 5.40. The number of aromatic nitrogens is 2. The topological polar surface area (TPSA) is 122 Å². The lowest BCUT2D eigenvalue weighted by Gasteiger charge is -2.23. The fraction of sp³-hybridized carbons (Fsp3) is 0.250. The second kappa shape index (κ2) is 10.2. The molecule has 4 rings (SSSR count). The highest BCUT2D eigenvalue weighted by Gasteiger charge is 2.20. The van der Waals surface area contributed by atoms with Crippen molar-refractivity contribution in [2.24, 2.45) is 0 Å². The molecule has 2 heterocycles. The lowest BCUT2D eigenvalue weighted by atomic mass is 10.1. The SMILES string of the molecule is Nc1ncc(-c2cccc(NC(=O)Cc3ccccc3F)c2)nc1C(=O)NC1CCCNC1. The minimum Gasteiger partial charge on any atom is -0.382 e. The number of nitrogens with two attached hydrogens (primary N) is 1. The van der Waals surface area contributed by atoms with E-state index in [1.807, 2.05) is 0 Å². The van der Waals surface area contributed by atoms with E-state index in [1.165, 1.54) is 12.3 Å². The summed E-state index contributed by atoms with van der Waals surface area (Å²) in [6.07, 6.45) is 3.27.